The van der Waals surface area contributed by atoms with Crippen LogP contribution in [0.3, 0.4) is 0 Å². The fourth-order valence-corrected chi connectivity index (χ4v) is 6.14. The predicted octanol–water partition coefficient (Wildman–Crippen LogP) is -1.53. The van der Waals surface area contributed by atoms with E-state index in [0.717, 1.165) is 24.7 Å². The molecule has 4 rings (SSSR count). The molecule has 2 aromatic rings. The zero-order chi connectivity index (χ0) is 40.0. The second-order valence-corrected chi connectivity index (χ2v) is 15.1. The second kappa shape index (κ2) is 20.3. The summed E-state index contributed by atoms with van der Waals surface area (Å²) in [7, 11) is -3.59. The molecule has 1 aromatic carbocycles. The van der Waals surface area contributed by atoms with Crippen LogP contribution >= 0.6 is 0 Å². The van der Waals surface area contributed by atoms with Gasteiger partial charge in [-0.05, 0) is 37.2 Å². The van der Waals surface area contributed by atoms with E-state index in [4.69, 9.17) is 4.74 Å². The minimum Gasteiger partial charge on any atom is -0.479 e. The van der Waals surface area contributed by atoms with Crippen molar-refractivity contribution in [3.05, 3.63) is 53.3 Å². The van der Waals surface area contributed by atoms with Crippen molar-refractivity contribution in [3.63, 3.8) is 0 Å². The molecule has 2 atom stereocenters. The average molecular weight is 787 g/mol. The van der Waals surface area contributed by atoms with Crippen molar-refractivity contribution in [3.8, 4) is 0 Å². The number of carbonyl (C=O) groups is 7. The lowest BCUT2D eigenvalue weighted by atomic mass is 10.1. The number of aromatic nitrogens is 2. The van der Waals surface area contributed by atoms with Gasteiger partial charge in [0.1, 0.15) is 12.8 Å². The van der Waals surface area contributed by atoms with Gasteiger partial charge in [-0.1, -0.05) is 36.8 Å². The number of carboxylic acids is 1. The molecule has 55 heavy (non-hydrogen) atoms. The molecule has 1 saturated carbocycles. The van der Waals surface area contributed by atoms with Gasteiger partial charge in [-0.25, -0.2) is 23.2 Å². The van der Waals surface area contributed by atoms with Crippen LogP contribution in [0.4, 0.5) is 0 Å². The van der Waals surface area contributed by atoms with Gasteiger partial charge in [0.05, 0.1) is 30.9 Å². The molecule has 6 amide bonds. The molecule has 0 radical (unpaired) electrons. The van der Waals surface area contributed by atoms with E-state index in [0.29, 0.717) is 44.5 Å². The Balaban J connectivity index is 1.11. The average Bonchev–Trinajstić information content (AvgIpc) is 3.99. The van der Waals surface area contributed by atoms with E-state index >= 15 is 0 Å². The third kappa shape index (κ3) is 14.0. The van der Waals surface area contributed by atoms with E-state index in [-0.39, 0.29) is 54.6 Å². The molecule has 0 spiro atoms. The largest absolute Gasteiger partial charge is 0.479 e. The number of benzene rings is 1. The summed E-state index contributed by atoms with van der Waals surface area (Å²) in [4.78, 5) is 96.1. The standard InChI is InChI=1S/C35H46N8O11S/c1-55(52,53)35-39-17-24-25(42-35)13-15-43(33(24)49)14-7-3-6-10-27(44)36-18-28(45)37-20-30(47)41-26(16-22-8-4-2-5-9-22)32(48)38-19-29(46)40-21-54-31(34(50)51)23-11-12-23/h2,4-5,8-9,17,23,26,31H,3,6-7,10-16,18-21H2,1H3,(H,36,44)(H,37,45)(H,38,48)(H,40,46)(H,41,47)(H,50,51)/t26-,31-/m0/s1. The number of sulfone groups is 1. The summed E-state index contributed by atoms with van der Waals surface area (Å²) in [5.41, 5.74) is 1.40. The molecule has 0 bridgehead atoms. The Morgan fingerprint density at radius 2 is 1.58 bits per heavy atom. The summed E-state index contributed by atoms with van der Waals surface area (Å²) in [6, 6.07) is 7.71. The third-order valence-electron chi connectivity index (χ3n) is 8.72. The molecule has 1 aliphatic carbocycles. The Kier molecular flexibility index (Phi) is 15.6. The SMILES string of the molecule is CS(=O)(=O)c1ncc2c(n1)CCN(CCCCCC(=O)NCC(=O)NCC(=O)N[C@@H](Cc1ccccc1)C(=O)NCC(=O)NCO[C@H](C(=O)O)C1CC1)C2=O. The number of ether oxygens (including phenoxy) is 1. The number of hydrogen-bond donors (Lipinski definition) is 6. The van der Waals surface area contributed by atoms with Crippen molar-refractivity contribution < 1.29 is 51.8 Å². The number of nitrogens with one attached hydrogen (secondary N) is 5. The maximum Gasteiger partial charge on any atom is 0.333 e. The molecule has 1 fully saturated rings. The summed E-state index contributed by atoms with van der Waals surface area (Å²) in [6.45, 7) is -0.843. The van der Waals surface area contributed by atoms with Gasteiger partial charge in [0.2, 0.25) is 44.5 Å². The number of fused-ring (bicyclic) bond motifs is 1. The molecular formula is C35H46N8O11S. The zero-order valence-corrected chi connectivity index (χ0v) is 31.2. The van der Waals surface area contributed by atoms with Crippen molar-refractivity contribution in [2.45, 2.75) is 68.7 Å². The van der Waals surface area contributed by atoms with Crippen LogP contribution < -0.4 is 26.6 Å². The molecule has 298 valence electrons. The Hall–Kier alpha value is -5.50. The fraction of sp³-hybridized carbons (Fsp3) is 0.514. The van der Waals surface area contributed by atoms with Gasteiger partial charge in [0, 0.05) is 44.8 Å². The summed E-state index contributed by atoms with van der Waals surface area (Å²) < 4.78 is 28.7. The van der Waals surface area contributed by atoms with Crippen molar-refractivity contribution in [1.29, 1.82) is 0 Å². The van der Waals surface area contributed by atoms with E-state index in [1.54, 1.807) is 35.2 Å². The maximum absolute atomic E-state index is 13.0. The molecule has 2 aliphatic rings. The van der Waals surface area contributed by atoms with Crippen LogP contribution in [0.1, 0.15) is 60.1 Å². The number of carboxylic acid groups (broad SMARTS) is 1. The molecule has 0 unspecified atom stereocenters. The third-order valence-corrected chi connectivity index (χ3v) is 9.58. The molecule has 19 nitrogen and oxygen atoms in total. The first kappa shape index (κ1) is 42.2. The quantitative estimate of drug-likeness (QED) is 0.0450. The monoisotopic (exact) mass is 786 g/mol. The van der Waals surface area contributed by atoms with Crippen LogP contribution in [0.25, 0.3) is 0 Å². The number of unbranched alkanes of at least 4 members (excludes halogenated alkanes) is 2. The van der Waals surface area contributed by atoms with Gasteiger partial charge in [0.15, 0.2) is 6.10 Å². The summed E-state index contributed by atoms with van der Waals surface area (Å²) in [5.74, 6) is -4.46. The van der Waals surface area contributed by atoms with Gasteiger partial charge >= 0.3 is 5.97 Å². The first-order chi connectivity index (χ1) is 26.2. The molecule has 0 saturated heterocycles. The smallest absolute Gasteiger partial charge is 0.333 e. The van der Waals surface area contributed by atoms with E-state index in [1.165, 1.54) is 6.20 Å². The number of rotatable bonds is 22. The Labute approximate surface area is 317 Å². The molecule has 1 aromatic heterocycles. The maximum atomic E-state index is 13.0. The lowest BCUT2D eigenvalue weighted by Gasteiger charge is -2.27. The normalized spacial score (nSPS) is 14.9. The number of carbonyl (C=O) groups excluding carboxylic acids is 6. The van der Waals surface area contributed by atoms with Crippen LogP contribution in [-0.4, -0.2) is 128 Å². The lowest BCUT2D eigenvalue weighted by Crippen LogP contribution is -2.52. The van der Waals surface area contributed by atoms with Crippen molar-refractivity contribution in [1.82, 2.24) is 41.5 Å². The highest BCUT2D eigenvalue weighted by molar-refractivity contribution is 7.90. The Bertz CT molecular complexity index is 1840. The minimum atomic E-state index is -3.59. The van der Waals surface area contributed by atoms with Crippen molar-refractivity contribution >= 4 is 51.2 Å². The number of amides is 6. The number of hydrogen-bond acceptors (Lipinski definition) is 12. The highest BCUT2D eigenvalue weighted by atomic mass is 32.2. The van der Waals surface area contributed by atoms with E-state index in [2.05, 4.69) is 36.6 Å². The Morgan fingerprint density at radius 1 is 0.909 bits per heavy atom. The van der Waals surface area contributed by atoms with E-state index < -0.39 is 64.7 Å². The van der Waals surface area contributed by atoms with Crippen LogP contribution in [0.5, 0.6) is 0 Å². The summed E-state index contributed by atoms with van der Waals surface area (Å²) in [6.07, 6.45) is 5.07. The Morgan fingerprint density at radius 3 is 2.27 bits per heavy atom. The predicted molar refractivity (Wildman–Crippen MR) is 193 cm³/mol. The van der Waals surface area contributed by atoms with E-state index in [1.807, 2.05) is 0 Å². The molecule has 20 heteroatoms. The fourth-order valence-electron chi connectivity index (χ4n) is 5.62. The summed E-state index contributed by atoms with van der Waals surface area (Å²) >= 11 is 0. The first-order valence-electron chi connectivity index (χ1n) is 17.8. The second-order valence-electron chi connectivity index (χ2n) is 13.2. The molecule has 1 aliphatic heterocycles. The van der Waals surface area contributed by atoms with Gasteiger partial charge in [-0.3, -0.25) is 28.8 Å². The number of nitrogens with zero attached hydrogens (tertiary/aromatic N) is 3. The molecular weight excluding hydrogens is 740 g/mol. The van der Waals surface area contributed by atoms with Crippen molar-refractivity contribution in [2.75, 3.05) is 45.7 Å². The number of aliphatic carboxylic acids is 1. The first-order valence-corrected chi connectivity index (χ1v) is 19.7. The van der Waals surface area contributed by atoms with Crippen LogP contribution in [0.15, 0.2) is 41.7 Å². The molecule has 2 heterocycles. The van der Waals surface area contributed by atoms with Crippen molar-refractivity contribution in [2.24, 2.45) is 5.92 Å². The summed E-state index contributed by atoms with van der Waals surface area (Å²) in [5, 5.41) is 21.2. The van der Waals surface area contributed by atoms with Crippen LogP contribution in [-0.2, 0) is 56.2 Å². The van der Waals surface area contributed by atoms with Gasteiger partial charge in [-0.15, -0.1) is 0 Å². The highest BCUT2D eigenvalue weighted by Crippen LogP contribution is 2.34. The zero-order valence-electron chi connectivity index (χ0n) is 30.4. The lowest BCUT2D eigenvalue weighted by molar-refractivity contribution is -0.153. The highest BCUT2D eigenvalue weighted by Gasteiger charge is 2.37. The van der Waals surface area contributed by atoms with Gasteiger partial charge in [-0.2, -0.15) is 0 Å². The minimum absolute atomic E-state index is 0.0835. The molecule has 6 N–H and O–H groups in total. The van der Waals surface area contributed by atoms with E-state index in [9.17, 15) is 47.1 Å². The topological polar surface area (TPSA) is 272 Å². The van der Waals surface area contributed by atoms with Crippen LogP contribution in [0.2, 0.25) is 0 Å². The van der Waals surface area contributed by atoms with Crippen LogP contribution in [0, 0.1) is 5.92 Å². The van der Waals surface area contributed by atoms with Gasteiger partial charge in [0.25, 0.3) is 5.91 Å². The van der Waals surface area contributed by atoms with Gasteiger partial charge < -0.3 is 41.3 Å².